The third-order valence-corrected chi connectivity index (χ3v) is 3.44. The minimum Gasteiger partial charge on any atom is -0.349 e. The van der Waals surface area contributed by atoms with Crippen LogP contribution in [0.5, 0.6) is 0 Å². The number of hydroxylamine groups is 1. The molecule has 0 aliphatic heterocycles. The molecule has 1 atom stereocenters. The fourth-order valence-electron chi connectivity index (χ4n) is 1.70. The summed E-state index contributed by atoms with van der Waals surface area (Å²) in [6.07, 6.45) is 0.904. The normalized spacial score (nSPS) is 12.3. The molecule has 3 N–H and O–H groups in total. The van der Waals surface area contributed by atoms with Gasteiger partial charge in [0.1, 0.15) is 0 Å². The maximum atomic E-state index is 11.9. The summed E-state index contributed by atoms with van der Waals surface area (Å²) in [5.74, 6) is -0.279. The zero-order valence-electron chi connectivity index (χ0n) is 10.7. The molecule has 0 bridgehead atoms. The van der Waals surface area contributed by atoms with Crippen molar-refractivity contribution in [2.45, 2.75) is 33.2 Å². The Morgan fingerprint density at radius 3 is 2.28 bits per heavy atom. The molecule has 0 spiro atoms. The Balaban J connectivity index is 2.62. The number of amides is 2. The second-order valence-electron chi connectivity index (χ2n) is 4.61. The first-order chi connectivity index (χ1) is 8.43. The van der Waals surface area contributed by atoms with E-state index in [0.29, 0.717) is 15.7 Å². The average molecular weight is 270 g/mol. The molecule has 1 aromatic heterocycles. The Kier molecular flexibility index (Phi) is 5.30. The lowest BCUT2D eigenvalue weighted by Gasteiger charge is -2.15. The van der Waals surface area contributed by atoms with Crippen LogP contribution in [0, 0.1) is 5.92 Å². The molecule has 0 aliphatic rings. The van der Waals surface area contributed by atoms with Crippen molar-refractivity contribution in [3.05, 3.63) is 21.9 Å². The summed E-state index contributed by atoms with van der Waals surface area (Å²) in [6.45, 7) is 6.14. The molecule has 6 heteroatoms. The summed E-state index contributed by atoms with van der Waals surface area (Å²) < 4.78 is 0. The fraction of sp³-hybridized carbons (Fsp3) is 0.500. The highest BCUT2D eigenvalue weighted by molar-refractivity contribution is 7.15. The standard InChI is InChI=1S/C12H18N2O3S/c1-7(2)6-8(3)13-11(15)9-4-5-10(18-9)12(16)14-17/h4-5,7-8,17H,6H2,1-3H3,(H,13,15)(H,14,16). The van der Waals surface area contributed by atoms with Crippen LogP contribution < -0.4 is 10.8 Å². The van der Waals surface area contributed by atoms with E-state index in [0.717, 1.165) is 17.8 Å². The van der Waals surface area contributed by atoms with Crippen molar-refractivity contribution in [3.8, 4) is 0 Å². The summed E-state index contributed by atoms with van der Waals surface area (Å²) in [6, 6.07) is 3.18. The van der Waals surface area contributed by atoms with E-state index in [-0.39, 0.29) is 11.9 Å². The van der Waals surface area contributed by atoms with Crippen molar-refractivity contribution in [1.82, 2.24) is 10.8 Å². The molecular weight excluding hydrogens is 252 g/mol. The summed E-state index contributed by atoms with van der Waals surface area (Å²) in [5.41, 5.74) is 1.54. The molecular formula is C12H18N2O3S. The van der Waals surface area contributed by atoms with Gasteiger partial charge in [-0.2, -0.15) is 0 Å². The Labute approximate surface area is 110 Å². The zero-order chi connectivity index (χ0) is 13.7. The second kappa shape index (κ2) is 6.51. The average Bonchev–Trinajstić information content (AvgIpc) is 2.75. The van der Waals surface area contributed by atoms with Gasteiger partial charge in [0.15, 0.2) is 0 Å². The van der Waals surface area contributed by atoms with Crippen molar-refractivity contribution in [1.29, 1.82) is 0 Å². The SMILES string of the molecule is CC(C)CC(C)NC(=O)c1ccc(C(=O)NO)s1. The van der Waals surface area contributed by atoms with Crippen LogP contribution in [-0.4, -0.2) is 23.1 Å². The van der Waals surface area contributed by atoms with Gasteiger partial charge in [0.2, 0.25) is 0 Å². The molecule has 100 valence electrons. The van der Waals surface area contributed by atoms with Crippen LogP contribution >= 0.6 is 11.3 Å². The lowest BCUT2D eigenvalue weighted by molar-refractivity contribution is 0.0711. The van der Waals surface area contributed by atoms with Crippen molar-refractivity contribution in [3.63, 3.8) is 0 Å². The predicted octanol–water partition coefficient (Wildman–Crippen LogP) is 2.03. The van der Waals surface area contributed by atoms with E-state index >= 15 is 0 Å². The van der Waals surface area contributed by atoms with E-state index in [9.17, 15) is 9.59 Å². The van der Waals surface area contributed by atoms with Crippen LogP contribution in [0.3, 0.4) is 0 Å². The van der Waals surface area contributed by atoms with Crippen molar-refractivity contribution < 1.29 is 14.8 Å². The van der Waals surface area contributed by atoms with Crippen LogP contribution in [0.15, 0.2) is 12.1 Å². The maximum Gasteiger partial charge on any atom is 0.284 e. The minimum absolute atomic E-state index is 0.0923. The van der Waals surface area contributed by atoms with Crippen LogP contribution in [0.4, 0.5) is 0 Å². The predicted molar refractivity (Wildman–Crippen MR) is 70.0 cm³/mol. The molecule has 18 heavy (non-hydrogen) atoms. The Morgan fingerprint density at radius 1 is 1.22 bits per heavy atom. The molecule has 1 aromatic rings. The highest BCUT2D eigenvalue weighted by atomic mass is 32.1. The summed E-state index contributed by atoms with van der Waals surface area (Å²) in [4.78, 5) is 23.8. The second-order valence-corrected chi connectivity index (χ2v) is 5.69. The Hall–Kier alpha value is -1.40. The summed E-state index contributed by atoms with van der Waals surface area (Å²) in [7, 11) is 0. The maximum absolute atomic E-state index is 11.9. The fourth-order valence-corrected chi connectivity index (χ4v) is 2.50. The first-order valence-electron chi connectivity index (χ1n) is 5.79. The van der Waals surface area contributed by atoms with E-state index < -0.39 is 5.91 Å². The van der Waals surface area contributed by atoms with E-state index in [1.807, 2.05) is 6.92 Å². The van der Waals surface area contributed by atoms with E-state index in [4.69, 9.17) is 5.21 Å². The van der Waals surface area contributed by atoms with Gasteiger partial charge in [-0.1, -0.05) is 13.8 Å². The number of carbonyl (C=O) groups is 2. The van der Waals surface area contributed by atoms with Gasteiger partial charge in [-0.15, -0.1) is 11.3 Å². The van der Waals surface area contributed by atoms with Crippen molar-refractivity contribution in [2.24, 2.45) is 5.92 Å². The van der Waals surface area contributed by atoms with Gasteiger partial charge < -0.3 is 5.32 Å². The molecule has 0 saturated heterocycles. The van der Waals surface area contributed by atoms with Gasteiger partial charge >= 0.3 is 0 Å². The molecule has 0 saturated carbocycles. The van der Waals surface area contributed by atoms with Crippen LogP contribution in [0.1, 0.15) is 46.5 Å². The van der Waals surface area contributed by atoms with E-state index in [2.05, 4.69) is 19.2 Å². The summed E-state index contributed by atoms with van der Waals surface area (Å²) >= 11 is 1.05. The van der Waals surface area contributed by atoms with Crippen LogP contribution in [0.25, 0.3) is 0 Å². The molecule has 0 fully saturated rings. The lowest BCUT2D eigenvalue weighted by Crippen LogP contribution is -2.32. The number of thiophene rings is 1. The molecule has 0 aliphatic carbocycles. The first kappa shape index (κ1) is 14.7. The molecule has 1 unspecified atom stereocenters. The highest BCUT2D eigenvalue weighted by Gasteiger charge is 2.15. The first-order valence-corrected chi connectivity index (χ1v) is 6.60. The molecule has 1 heterocycles. The third-order valence-electron chi connectivity index (χ3n) is 2.36. The van der Waals surface area contributed by atoms with Gasteiger partial charge in [-0.05, 0) is 31.4 Å². The van der Waals surface area contributed by atoms with Gasteiger partial charge in [-0.25, -0.2) is 5.48 Å². The van der Waals surface area contributed by atoms with Crippen LogP contribution in [-0.2, 0) is 0 Å². The number of hydrogen-bond acceptors (Lipinski definition) is 4. The van der Waals surface area contributed by atoms with E-state index in [1.165, 1.54) is 6.07 Å². The molecule has 2 amide bonds. The zero-order valence-corrected chi connectivity index (χ0v) is 11.5. The monoisotopic (exact) mass is 270 g/mol. The van der Waals surface area contributed by atoms with E-state index in [1.54, 1.807) is 11.5 Å². The summed E-state index contributed by atoms with van der Waals surface area (Å²) in [5, 5.41) is 11.4. The van der Waals surface area contributed by atoms with Crippen molar-refractivity contribution in [2.75, 3.05) is 0 Å². The number of nitrogens with one attached hydrogen (secondary N) is 2. The van der Waals surface area contributed by atoms with Crippen LogP contribution in [0.2, 0.25) is 0 Å². The molecule has 5 nitrogen and oxygen atoms in total. The highest BCUT2D eigenvalue weighted by Crippen LogP contribution is 2.16. The third kappa shape index (κ3) is 4.12. The number of hydrogen-bond donors (Lipinski definition) is 3. The smallest absolute Gasteiger partial charge is 0.284 e. The largest absolute Gasteiger partial charge is 0.349 e. The van der Waals surface area contributed by atoms with Crippen molar-refractivity contribution >= 4 is 23.2 Å². The van der Waals surface area contributed by atoms with Gasteiger partial charge in [0.25, 0.3) is 11.8 Å². The van der Waals surface area contributed by atoms with Gasteiger partial charge in [0.05, 0.1) is 9.75 Å². The minimum atomic E-state index is -0.603. The van der Waals surface area contributed by atoms with Gasteiger partial charge in [0, 0.05) is 6.04 Å². The molecule has 0 radical (unpaired) electrons. The lowest BCUT2D eigenvalue weighted by atomic mass is 10.1. The Morgan fingerprint density at radius 2 is 1.78 bits per heavy atom. The van der Waals surface area contributed by atoms with Gasteiger partial charge in [-0.3, -0.25) is 14.8 Å². The quantitative estimate of drug-likeness (QED) is 0.566. The number of carbonyl (C=O) groups excluding carboxylic acids is 2. The molecule has 1 rings (SSSR count). The number of rotatable bonds is 5. The topological polar surface area (TPSA) is 78.4 Å². The molecule has 0 aromatic carbocycles. The Bertz CT molecular complexity index is 429.